The van der Waals surface area contributed by atoms with Crippen molar-refractivity contribution in [3.63, 3.8) is 0 Å². The van der Waals surface area contributed by atoms with Crippen LogP contribution in [-0.4, -0.2) is 33.9 Å². The molecule has 1 amide bonds. The molecule has 2 N–H and O–H groups in total. The number of nitrogens with one attached hydrogen (secondary N) is 2. The fourth-order valence-electron chi connectivity index (χ4n) is 4.03. The van der Waals surface area contributed by atoms with E-state index in [-0.39, 0.29) is 11.8 Å². The summed E-state index contributed by atoms with van der Waals surface area (Å²) in [5, 5.41) is 7.46. The molecular weight excluding hydrogens is 370 g/mol. The van der Waals surface area contributed by atoms with Gasteiger partial charge in [0.1, 0.15) is 11.6 Å². The molecule has 1 aliphatic carbocycles. The van der Waals surface area contributed by atoms with E-state index in [2.05, 4.69) is 39.7 Å². The second kappa shape index (κ2) is 7.83. The molecule has 0 atom stereocenters. The lowest BCUT2D eigenvalue weighted by Gasteiger charge is -2.29. The van der Waals surface area contributed by atoms with Crippen LogP contribution in [0, 0.1) is 19.8 Å². The number of hydrogen-bond donors (Lipinski definition) is 2. The zero-order chi connectivity index (χ0) is 19.7. The minimum Gasteiger partial charge on any atom is -0.367 e. The number of benzene rings is 1. The van der Waals surface area contributed by atoms with Crippen molar-refractivity contribution in [2.45, 2.75) is 45.6 Å². The van der Waals surface area contributed by atoms with Gasteiger partial charge in [-0.2, -0.15) is 0 Å². The molecule has 0 spiro atoms. The van der Waals surface area contributed by atoms with Crippen molar-refractivity contribution < 1.29 is 4.79 Å². The molecule has 6 nitrogen and oxygen atoms in total. The standard InChI is InChI=1S/C21H25N5OS/c1-12-8-15(18-10-23-11-28-18)9-17-19(12)24-13(2)25-20(17)26-16-6-4-14(5-7-16)21(27)22-3/h8-11,14,16H,4-7H2,1-3H3,(H,22,27)(H,24,25,26)/t14-,16+. The van der Waals surface area contributed by atoms with E-state index in [0.717, 1.165) is 64.2 Å². The van der Waals surface area contributed by atoms with Gasteiger partial charge in [0.2, 0.25) is 5.91 Å². The average Bonchev–Trinajstić information content (AvgIpc) is 3.23. The number of nitrogens with zero attached hydrogens (tertiary/aromatic N) is 3. The van der Waals surface area contributed by atoms with Crippen LogP contribution in [0.5, 0.6) is 0 Å². The lowest BCUT2D eigenvalue weighted by Crippen LogP contribution is -2.34. The van der Waals surface area contributed by atoms with Crippen molar-refractivity contribution >= 4 is 34.0 Å². The Morgan fingerprint density at radius 2 is 1.93 bits per heavy atom. The van der Waals surface area contributed by atoms with Crippen molar-refractivity contribution in [3.05, 3.63) is 35.2 Å². The Kier molecular flexibility index (Phi) is 5.26. The maximum absolute atomic E-state index is 11.9. The minimum absolute atomic E-state index is 0.132. The zero-order valence-electron chi connectivity index (χ0n) is 16.5. The summed E-state index contributed by atoms with van der Waals surface area (Å²) in [6, 6.07) is 4.65. The minimum atomic E-state index is 0.132. The van der Waals surface area contributed by atoms with E-state index in [0.29, 0.717) is 6.04 Å². The molecule has 4 rings (SSSR count). The van der Waals surface area contributed by atoms with Crippen LogP contribution in [0.3, 0.4) is 0 Å². The van der Waals surface area contributed by atoms with Gasteiger partial charge in [0.05, 0.1) is 15.9 Å². The normalized spacial score (nSPS) is 19.5. The molecule has 0 radical (unpaired) electrons. The van der Waals surface area contributed by atoms with Crippen molar-refractivity contribution in [2.24, 2.45) is 5.92 Å². The van der Waals surface area contributed by atoms with Crippen molar-refractivity contribution in [1.29, 1.82) is 0 Å². The first-order chi connectivity index (χ1) is 13.5. The van der Waals surface area contributed by atoms with Crippen LogP contribution >= 0.6 is 11.3 Å². The van der Waals surface area contributed by atoms with Crippen LogP contribution < -0.4 is 10.6 Å². The largest absolute Gasteiger partial charge is 0.367 e. The van der Waals surface area contributed by atoms with Gasteiger partial charge in [-0.3, -0.25) is 9.78 Å². The van der Waals surface area contributed by atoms with Crippen LogP contribution in [0.4, 0.5) is 5.82 Å². The van der Waals surface area contributed by atoms with E-state index in [1.807, 2.05) is 18.6 Å². The summed E-state index contributed by atoms with van der Waals surface area (Å²) in [6.45, 7) is 4.03. The predicted octanol–water partition coefficient (Wildman–Crippen LogP) is 4.09. The van der Waals surface area contributed by atoms with Gasteiger partial charge in [-0.25, -0.2) is 9.97 Å². The first-order valence-corrected chi connectivity index (χ1v) is 10.6. The zero-order valence-corrected chi connectivity index (χ0v) is 17.3. The second-order valence-corrected chi connectivity index (χ2v) is 8.37. The van der Waals surface area contributed by atoms with Crippen LogP contribution in [0.15, 0.2) is 23.8 Å². The molecule has 3 aromatic rings. The van der Waals surface area contributed by atoms with E-state index in [1.165, 1.54) is 0 Å². The quantitative estimate of drug-likeness (QED) is 0.696. The van der Waals surface area contributed by atoms with Crippen molar-refractivity contribution in [1.82, 2.24) is 20.3 Å². The SMILES string of the molecule is CNC(=O)[C@H]1CC[C@@H](Nc2nc(C)nc3c(C)cc(-c4cncs4)cc23)CC1. The number of fused-ring (bicyclic) bond motifs is 1. The molecule has 2 heterocycles. The summed E-state index contributed by atoms with van der Waals surface area (Å²) in [7, 11) is 1.71. The molecule has 0 aliphatic heterocycles. The van der Waals surface area contributed by atoms with E-state index in [1.54, 1.807) is 18.4 Å². The topological polar surface area (TPSA) is 79.8 Å². The lowest BCUT2D eigenvalue weighted by molar-refractivity contribution is -0.125. The Labute approximate surface area is 168 Å². The van der Waals surface area contributed by atoms with Crippen LogP contribution in [0.1, 0.15) is 37.1 Å². The third kappa shape index (κ3) is 3.71. The number of carbonyl (C=O) groups excluding carboxylic acids is 1. The molecule has 7 heteroatoms. The average molecular weight is 396 g/mol. The summed E-state index contributed by atoms with van der Waals surface area (Å²) >= 11 is 1.63. The molecule has 0 unspecified atom stereocenters. The Balaban J connectivity index is 1.64. The summed E-state index contributed by atoms with van der Waals surface area (Å²) in [6.07, 6.45) is 5.65. The van der Waals surface area contributed by atoms with Gasteiger partial charge in [-0.05, 0) is 62.8 Å². The van der Waals surface area contributed by atoms with E-state index in [9.17, 15) is 4.79 Å². The number of rotatable bonds is 4. The van der Waals surface area contributed by atoms with Crippen molar-refractivity contribution in [3.8, 4) is 10.4 Å². The molecule has 1 fully saturated rings. The fourth-order valence-corrected chi connectivity index (χ4v) is 4.64. The van der Waals surface area contributed by atoms with Gasteiger partial charge in [-0.15, -0.1) is 11.3 Å². The highest BCUT2D eigenvalue weighted by molar-refractivity contribution is 7.13. The van der Waals surface area contributed by atoms with Crippen LogP contribution in [0.25, 0.3) is 21.3 Å². The fraction of sp³-hybridized carbons (Fsp3) is 0.429. The second-order valence-electron chi connectivity index (χ2n) is 7.48. The molecule has 0 bridgehead atoms. The van der Waals surface area contributed by atoms with Crippen molar-refractivity contribution in [2.75, 3.05) is 12.4 Å². The number of carbonyl (C=O) groups is 1. The molecule has 2 aromatic heterocycles. The number of amides is 1. The summed E-state index contributed by atoms with van der Waals surface area (Å²) < 4.78 is 0. The number of hydrogen-bond acceptors (Lipinski definition) is 6. The maximum Gasteiger partial charge on any atom is 0.222 e. The molecular formula is C21H25N5OS. The number of thiazole rings is 1. The smallest absolute Gasteiger partial charge is 0.222 e. The van der Waals surface area contributed by atoms with Crippen LogP contribution in [0.2, 0.25) is 0 Å². The van der Waals surface area contributed by atoms with Crippen LogP contribution in [-0.2, 0) is 4.79 Å². The van der Waals surface area contributed by atoms with Gasteiger partial charge in [0.25, 0.3) is 0 Å². The molecule has 146 valence electrons. The first-order valence-electron chi connectivity index (χ1n) is 9.71. The highest BCUT2D eigenvalue weighted by Gasteiger charge is 2.26. The summed E-state index contributed by atoms with van der Waals surface area (Å²) in [4.78, 5) is 26.6. The third-order valence-corrected chi connectivity index (χ3v) is 6.33. The molecule has 1 aliphatic rings. The Hall–Kier alpha value is -2.54. The van der Waals surface area contributed by atoms with E-state index in [4.69, 9.17) is 4.98 Å². The molecule has 1 aromatic carbocycles. The molecule has 1 saturated carbocycles. The van der Waals surface area contributed by atoms with E-state index >= 15 is 0 Å². The van der Waals surface area contributed by atoms with E-state index < -0.39 is 0 Å². The first kappa shape index (κ1) is 18.8. The Morgan fingerprint density at radius 1 is 1.14 bits per heavy atom. The highest BCUT2D eigenvalue weighted by Crippen LogP contribution is 2.33. The maximum atomic E-state index is 11.9. The highest BCUT2D eigenvalue weighted by atomic mass is 32.1. The van der Waals surface area contributed by atoms with Gasteiger partial charge >= 0.3 is 0 Å². The number of anilines is 1. The molecule has 0 saturated heterocycles. The number of aryl methyl sites for hydroxylation is 2. The van der Waals surface area contributed by atoms with Gasteiger partial charge in [0, 0.05) is 30.6 Å². The summed E-state index contributed by atoms with van der Waals surface area (Å²) in [5.74, 6) is 1.95. The number of aromatic nitrogens is 3. The monoisotopic (exact) mass is 395 g/mol. The summed E-state index contributed by atoms with van der Waals surface area (Å²) in [5.41, 5.74) is 5.12. The third-order valence-electron chi connectivity index (χ3n) is 5.50. The van der Waals surface area contributed by atoms with Gasteiger partial charge in [0.15, 0.2) is 0 Å². The molecule has 28 heavy (non-hydrogen) atoms. The Morgan fingerprint density at radius 3 is 2.61 bits per heavy atom. The lowest BCUT2D eigenvalue weighted by atomic mass is 9.85. The van der Waals surface area contributed by atoms with Gasteiger partial charge in [-0.1, -0.05) is 0 Å². The van der Waals surface area contributed by atoms with Gasteiger partial charge < -0.3 is 10.6 Å². The Bertz CT molecular complexity index is 994. The predicted molar refractivity (Wildman–Crippen MR) is 114 cm³/mol.